The molecule has 6 heteroatoms. The smallest absolute Gasteiger partial charge is 0.354 e. The van der Waals surface area contributed by atoms with E-state index in [9.17, 15) is 4.79 Å². The van der Waals surface area contributed by atoms with E-state index in [1.54, 1.807) is 12.1 Å². The zero-order valence-electron chi connectivity index (χ0n) is 18.2. The quantitative estimate of drug-likeness (QED) is 0.210. The average Bonchev–Trinajstić information content (AvgIpc) is 3.46. The summed E-state index contributed by atoms with van der Waals surface area (Å²) in [5.74, 6) is -0.301. The summed E-state index contributed by atoms with van der Waals surface area (Å²) in [6.45, 7) is 0. The van der Waals surface area contributed by atoms with Crippen LogP contribution >= 0.6 is 0 Å². The second kappa shape index (κ2) is 9.26. The Morgan fingerprint density at radius 3 is 2.23 bits per heavy atom. The third-order valence-corrected chi connectivity index (χ3v) is 5.81. The van der Waals surface area contributed by atoms with Crippen LogP contribution in [-0.2, 0) is 20.1 Å². The number of aromatic nitrogens is 2. The van der Waals surface area contributed by atoms with Gasteiger partial charge >= 0.3 is 5.97 Å². The van der Waals surface area contributed by atoms with Crippen LogP contribution in [0.3, 0.4) is 0 Å². The van der Waals surface area contributed by atoms with E-state index in [0.717, 1.165) is 22.2 Å². The third kappa shape index (κ3) is 4.03. The minimum atomic E-state index is -0.990. The molecule has 1 radical (unpaired) electrons. The number of aromatic carboxylic acids is 1. The minimum absolute atomic E-state index is 0. The second-order valence-electron chi connectivity index (χ2n) is 7.87. The van der Waals surface area contributed by atoms with Gasteiger partial charge in [-0.2, -0.15) is 0 Å². The average molecular weight is 634 g/mol. The number of para-hydroxylation sites is 1. The molecule has 0 saturated carbocycles. The normalized spacial score (nSPS) is 10.9. The molecule has 1 N–H and O–H groups in total. The fourth-order valence-corrected chi connectivity index (χ4v) is 4.32. The molecule has 0 atom stereocenters. The van der Waals surface area contributed by atoms with Crippen LogP contribution in [0.2, 0.25) is 0 Å². The zero-order valence-corrected chi connectivity index (χ0v) is 20.6. The van der Waals surface area contributed by atoms with Crippen LogP contribution in [-0.4, -0.2) is 21.0 Å². The van der Waals surface area contributed by atoms with Crippen molar-refractivity contribution in [2.75, 3.05) is 0 Å². The molecule has 5 nitrogen and oxygen atoms in total. The van der Waals surface area contributed by atoms with Crippen LogP contribution in [0.5, 0.6) is 0 Å². The van der Waals surface area contributed by atoms with Crippen molar-refractivity contribution in [3.63, 3.8) is 0 Å². The summed E-state index contributed by atoms with van der Waals surface area (Å²) in [6.07, 6.45) is 1.45. The number of nitrogens with zero attached hydrogens (tertiary/aromatic N) is 2. The molecule has 171 valence electrons. The first kappa shape index (κ1) is 22.7. The molecule has 0 amide bonds. The molecule has 0 spiro atoms. The second-order valence-corrected chi connectivity index (χ2v) is 7.87. The molecule has 35 heavy (non-hydrogen) atoms. The maximum atomic E-state index is 10.1. The van der Waals surface area contributed by atoms with Crippen LogP contribution in [0.25, 0.3) is 55.6 Å². The van der Waals surface area contributed by atoms with E-state index < -0.39 is 5.97 Å². The van der Waals surface area contributed by atoms with Crippen LogP contribution in [0.15, 0.2) is 102 Å². The zero-order chi connectivity index (χ0) is 23.1. The first-order valence-corrected chi connectivity index (χ1v) is 10.8. The van der Waals surface area contributed by atoms with E-state index in [0.29, 0.717) is 5.76 Å². The molecule has 3 aromatic carbocycles. The number of rotatable bonds is 2. The van der Waals surface area contributed by atoms with Crippen molar-refractivity contribution in [1.82, 2.24) is 9.97 Å². The Morgan fingerprint density at radius 1 is 0.800 bits per heavy atom. The monoisotopic (exact) mass is 634 g/mol. The van der Waals surface area contributed by atoms with Crippen LogP contribution in [0.4, 0.5) is 0 Å². The van der Waals surface area contributed by atoms with Crippen molar-refractivity contribution in [1.29, 1.82) is 0 Å². The van der Waals surface area contributed by atoms with Gasteiger partial charge < -0.3 is 9.52 Å². The van der Waals surface area contributed by atoms with Gasteiger partial charge in [-0.25, -0.2) is 9.78 Å². The molecule has 7 rings (SSSR count). The Morgan fingerprint density at radius 2 is 1.51 bits per heavy atom. The van der Waals surface area contributed by atoms with E-state index in [1.807, 2.05) is 24.3 Å². The summed E-state index contributed by atoms with van der Waals surface area (Å²) in [5, 5.41) is 10.5. The van der Waals surface area contributed by atoms with Crippen LogP contribution < -0.4 is 0 Å². The summed E-state index contributed by atoms with van der Waals surface area (Å²) in [7, 11) is 0. The van der Waals surface area contributed by atoms with Crippen molar-refractivity contribution in [2.45, 2.75) is 0 Å². The number of furan rings is 1. The first-order valence-electron chi connectivity index (χ1n) is 10.8. The largest absolute Gasteiger partial charge is 0.518 e. The molecule has 0 aliphatic heterocycles. The molecule has 0 unspecified atom stereocenters. The van der Waals surface area contributed by atoms with Gasteiger partial charge in [0, 0.05) is 43.0 Å². The molecular formula is C29H17IrN2O3-. The number of carboxylic acids is 1. The van der Waals surface area contributed by atoms with Gasteiger partial charge in [-0.15, -0.1) is 17.5 Å². The van der Waals surface area contributed by atoms with Gasteiger partial charge in [0.2, 0.25) is 0 Å². The van der Waals surface area contributed by atoms with Crippen molar-refractivity contribution in [3.05, 3.63) is 109 Å². The third-order valence-electron chi connectivity index (χ3n) is 5.81. The number of hydrogen-bond acceptors (Lipinski definition) is 4. The number of carboxylic acid groups (broad SMARTS) is 1. The summed E-state index contributed by atoms with van der Waals surface area (Å²) < 4.78 is 5.99. The van der Waals surface area contributed by atoms with Gasteiger partial charge in [-0.05, 0) is 40.5 Å². The number of benzene rings is 3. The Labute approximate surface area is 214 Å². The molecular weight excluding hydrogens is 617 g/mol. The topological polar surface area (TPSA) is 76.2 Å². The molecule has 1 aliphatic rings. The molecule has 0 fully saturated rings. The Kier molecular flexibility index (Phi) is 5.99. The number of carbonyl (C=O) groups is 1. The number of hydrogen-bond donors (Lipinski definition) is 1. The molecule has 0 bridgehead atoms. The fourth-order valence-electron chi connectivity index (χ4n) is 4.32. The SMILES string of the molecule is O=C(O)c1ccccn1.[Ir].[c-]1c(-c2cc3c4c(cccc4n2)-c2ccccc2-3)oc2ccccc12. The van der Waals surface area contributed by atoms with Gasteiger partial charge in [0.1, 0.15) is 5.69 Å². The molecule has 3 aromatic heterocycles. The summed E-state index contributed by atoms with van der Waals surface area (Å²) in [4.78, 5) is 18.6. The van der Waals surface area contributed by atoms with E-state index in [4.69, 9.17) is 14.5 Å². The number of pyridine rings is 2. The summed E-state index contributed by atoms with van der Waals surface area (Å²) in [5.41, 5.74) is 7.75. The standard InChI is InChI=1S/C23H12NO.C6H5NO2.Ir/c1-4-11-21-14(6-1)12-22(25-21)20-13-18-16-8-3-2-7-15(16)17-9-5-10-19(24-20)23(17)18;8-6(9)5-3-1-2-4-7-5;/h1-11,13H;1-4H,(H,8,9);/q-1;;. The minimum Gasteiger partial charge on any atom is -0.518 e. The van der Waals surface area contributed by atoms with Crippen LogP contribution in [0.1, 0.15) is 10.5 Å². The van der Waals surface area contributed by atoms with E-state index in [-0.39, 0.29) is 25.8 Å². The molecule has 1 aliphatic carbocycles. The molecule has 3 heterocycles. The Balaban J connectivity index is 0.000000217. The van der Waals surface area contributed by atoms with Gasteiger partial charge in [0.05, 0.1) is 11.3 Å². The maximum absolute atomic E-state index is 10.1. The molecule has 6 aromatic rings. The van der Waals surface area contributed by atoms with Crippen molar-refractivity contribution in [2.24, 2.45) is 0 Å². The summed E-state index contributed by atoms with van der Waals surface area (Å²) in [6, 6.07) is 33.0. The van der Waals surface area contributed by atoms with Crippen molar-refractivity contribution < 1.29 is 34.4 Å². The fraction of sp³-hybridized carbons (Fsp3) is 0. The van der Waals surface area contributed by atoms with Crippen LogP contribution in [0, 0.1) is 6.07 Å². The van der Waals surface area contributed by atoms with Gasteiger partial charge in [-0.1, -0.05) is 66.7 Å². The predicted molar refractivity (Wildman–Crippen MR) is 131 cm³/mol. The summed E-state index contributed by atoms with van der Waals surface area (Å²) >= 11 is 0. The maximum Gasteiger partial charge on any atom is 0.354 e. The van der Waals surface area contributed by atoms with Crippen molar-refractivity contribution >= 4 is 27.8 Å². The van der Waals surface area contributed by atoms with E-state index in [1.165, 1.54) is 39.9 Å². The first-order chi connectivity index (χ1) is 16.7. The predicted octanol–water partition coefficient (Wildman–Crippen LogP) is 6.87. The van der Waals surface area contributed by atoms with Gasteiger partial charge in [0.25, 0.3) is 0 Å². The van der Waals surface area contributed by atoms with Crippen molar-refractivity contribution in [3.8, 4) is 33.7 Å². The number of fused-ring (bicyclic) bond motifs is 4. The van der Waals surface area contributed by atoms with E-state index in [2.05, 4.69) is 59.6 Å². The van der Waals surface area contributed by atoms with Gasteiger partial charge in [-0.3, -0.25) is 4.98 Å². The molecule has 0 saturated heterocycles. The Bertz CT molecular complexity index is 1660. The van der Waals surface area contributed by atoms with E-state index >= 15 is 0 Å². The Hall–Kier alpha value is -4.12. The van der Waals surface area contributed by atoms with Gasteiger partial charge in [0.15, 0.2) is 0 Å².